The largest absolute Gasteiger partial charge is 0.339 e. The molecule has 2 aromatic carbocycles. The number of hydrazine groups is 1. The summed E-state index contributed by atoms with van der Waals surface area (Å²) in [5, 5.41) is 4.56. The van der Waals surface area contributed by atoms with Crippen molar-refractivity contribution in [2.45, 2.75) is 51.5 Å². The Hall–Kier alpha value is -3.08. The molecule has 1 amide bonds. The lowest BCUT2D eigenvalue weighted by atomic mass is 9.98. The number of hydrogen-bond donors (Lipinski definition) is 2. The van der Waals surface area contributed by atoms with Crippen molar-refractivity contribution >= 4 is 27.2 Å². The van der Waals surface area contributed by atoms with Crippen LogP contribution in [0.2, 0.25) is 0 Å². The van der Waals surface area contributed by atoms with Crippen LogP contribution in [0, 0.1) is 11.6 Å². The molecule has 2 aliphatic rings. The number of amides is 1. The van der Waals surface area contributed by atoms with Gasteiger partial charge in [-0.15, -0.1) is 0 Å². The molecule has 36 heavy (non-hydrogen) atoms. The van der Waals surface area contributed by atoms with E-state index in [1.54, 1.807) is 26.0 Å². The summed E-state index contributed by atoms with van der Waals surface area (Å²) in [6, 6.07) is 9.30. The highest BCUT2D eigenvalue weighted by Gasteiger charge is 2.39. The molecule has 0 bridgehead atoms. The van der Waals surface area contributed by atoms with Gasteiger partial charge in [0, 0.05) is 35.9 Å². The van der Waals surface area contributed by atoms with Crippen molar-refractivity contribution in [3.8, 4) is 0 Å². The van der Waals surface area contributed by atoms with Gasteiger partial charge in [-0.25, -0.2) is 27.6 Å². The first kappa shape index (κ1) is 26.0. The predicted octanol–water partition coefficient (Wildman–Crippen LogP) is 4.21. The van der Waals surface area contributed by atoms with E-state index in [1.807, 2.05) is 13.8 Å². The number of halogens is 2. The van der Waals surface area contributed by atoms with Crippen molar-refractivity contribution < 1.29 is 22.0 Å². The van der Waals surface area contributed by atoms with Gasteiger partial charge in [0.1, 0.15) is 17.5 Å². The number of carbonyl (C=O) groups excluding carboxylic acids is 1. The molecule has 2 aliphatic heterocycles. The molecule has 0 radical (unpaired) electrons. The van der Waals surface area contributed by atoms with Crippen LogP contribution in [-0.4, -0.2) is 42.8 Å². The van der Waals surface area contributed by atoms with Gasteiger partial charge in [-0.05, 0) is 56.5 Å². The van der Waals surface area contributed by atoms with Gasteiger partial charge < -0.3 is 5.32 Å². The van der Waals surface area contributed by atoms with E-state index in [0.29, 0.717) is 54.2 Å². The summed E-state index contributed by atoms with van der Waals surface area (Å²) < 4.78 is 55.9. The van der Waals surface area contributed by atoms with Crippen LogP contribution in [0.1, 0.15) is 51.7 Å². The average Bonchev–Trinajstić information content (AvgIpc) is 3.17. The zero-order valence-corrected chi connectivity index (χ0v) is 21.5. The van der Waals surface area contributed by atoms with Gasteiger partial charge in [0.05, 0.1) is 16.6 Å². The zero-order chi connectivity index (χ0) is 26.2. The zero-order valence-electron chi connectivity index (χ0n) is 20.7. The minimum atomic E-state index is -3.64. The molecule has 0 aliphatic carbocycles. The summed E-state index contributed by atoms with van der Waals surface area (Å²) in [5.41, 5.74) is 5.21. The third kappa shape index (κ3) is 4.56. The smallest absolute Gasteiger partial charge is 0.271 e. The molecule has 1 atom stereocenters. The van der Waals surface area contributed by atoms with Crippen molar-refractivity contribution in [3.05, 3.63) is 76.6 Å². The summed E-state index contributed by atoms with van der Waals surface area (Å²) >= 11 is 0. The van der Waals surface area contributed by atoms with E-state index in [9.17, 15) is 22.0 Å². The quantitative estimate of drug-likeness (QED) is 0.549. The van der Waals surface area contributed by atoms with Crippen molar-refractivity contribution in [1.82, 2.24) is 20.1 Å². The van der Waals surface area contributed by atoms with E-state index in [1.165, 1.54) is 33.6 Å². The van der Waals surface area contributed by atoms with Gasteiger partial charge in [0.2, 0.25) is 10.0 Å². The van der Waals surface area contributed by atoms with E-state index in [4.69, 9.17) is 0 Å². The van der Waals surface area contributed by atoms with Crippen LogP contribution in [0.15, 0.2) is 58.8 Å². The number of fused-ring (bicyclic) bond motifs is 1. The minimum absolute atomic E-state index is 0.180. The number of carbonyl (C=O) groups is 1. The Morgan fingerprint density at radius 1 is 1.03 bits per heavy atom. The standard InChI is InChI=1S/C26H30F2N4O3S/c1-5-13-31(14-6-2)36(34,35)20-10-7-18(8-11-20)24-16(3)26(33)32-25(29-24)23(17(4)30-32)21-12-9-19(27)15-22(21)28/h7-12,15,17,29-30H,5-6,13-14H2,1-4H3. The normalized spacial score (nSPS) is 18.2. The van der Waals surface area contributed by atoms with Gasteiger partial charge in [-0.2, -0.15) is 4.31 Å². The molecule has 7 nitrogen and oxygen atoms in total. The fourth-order valence-corrected chi connectivity index (χ4v) is 6.19. The number of nitrogens with zero attached hydrogens (tertiary/aromatic N) is 2. The van der Waals surface area contributed by atoms with Crippen molar-refractivity contribution in [3.63, 3.8) is 0 Å². The molecule has 192 valence electrons. The number of nitrogens with one attached hydrogen (secondary N) is 2. The van der Waals surface area contributed by atoms with Gasteiger partial charge in [-0.3, -0.25) is 4.79 Å². The lowest BCUT2D eigenvalue weighted by Crippen LogP contribution is -2.47. The number of hydrogen-bond acceptors (Lipinski definition) is 5. The SMILES string of the molecule is CCCN(CCC)S(=O)(=O)c1ccc(C2=C(C)C(=O)N3NC(C)C(c4ccc(F)cc4F)=C3N2)cc1. The Balaban J connectivity index is 1.72. The lowest BCUT2D eigenvalue weighted by Gasteiger charge is -2.30. The Morgan fingerprint density at radius 2 is 1.67 bits per heavy atom. The van der Waals surface area contributed by atoms with Crippen LogP contribution < -0.4 is 10.7 Å². The Bertz CT molecular complexity index is 1350. The predicted molar refractivity (Wildman–Crippen MR) is 134 cm³/mol. The van der Waals surface area contributed by atoms with Crippen LogP contribution in [0.5, 0.6) is 0 Å². The Morgan fingerprint density at radius 3 is 2.25 bits per heavy atom. The van der Waals surface area contributed by atoms with Crippen LogP contribution in [-0.2, 0) is 14.8 Å². The van der Waals surface area contributed by atoms with E-state index in [0.717, 1.165) is 6.07 Å². The lowest BCUT2D eigenvalue weighted by molar-refractivity contribution is -0.128. The number of rotatable bonds is 8. The van der Waals surface area contributed by atoms with Crippen LogP contribution in [0.4, 0.5) is 8.78 Å². The van der Waals surface area contributed by atoms with Gasteiger partial charge >= 0.3 is 0 Å². The maximum atomic E-state index is 14.7. The molecule has 4 rings (SSSR count). The first-order valence-electron chi connectivity index (χ1n) is 12.0. The summed E-state index contributed by atoms with van der Waals surface area (Å²) in [4.78, 5) is 13.4. The molecule has 0 saturated carbocycles. The van der Waals surface area contributed by atoms with Crippen LogP contribution in [0.25, 0.3) is 11.3 Å². The summed E-state index contributed by atoms with van der Waals surface area (Å²) in [5.74, 6) is -1.38. The Kier molecular flexibility index (Phi) is 7.31. The number of benzene rings is 2. The fraction of sp³-hybridized carbons (Fsp3) is 0.346. The molecule has 10 heteroatoms. The first-order chi connectivity index (χ1) is 17.1. The maximum Gasteiger partial charge on any atom is 0.271 e. The van der Waals surface area contributed by atoms with Crippen LogP contribution in [0.3, 0.4) is 0 Å². The third-order valence-electron chi connectivity index (χ3n) is 6.32. The topological polar surface area (TPSA) is 81.8 Å². The summed E-state index contributed by atoms with van der Waals surface area (Å²) in [6.45, 7) is 8.20. The summed E-state index contributed by atoms with van der Waals surface area (Å²) in [6.07, 6.45) is 1.43. The second-order valence-corrected chi connectivity index (χ2v) is 10.9. The molecule has 2 N–H and O–H groups in total. The highest BCUT2D eigenvalue weighted by atomic mass is 32.2. The van der Waals surface area contributed by atoms with E-state index >= 15 is 0 Å². The Labute approximate surface area is 210 Å². The molecule has 0 aromatic heterocycles. The minimum Gasteiger partial charge on any atom is -0.339 e. The molecule has 0 saturated heterocycles. The molecule has 1 unspecified atom stereocenters. The average molecular weight is 517 g/mol. The summed E-state index contributed by atoms with van der Waals surface area (Å²) in [7, 11) is -3.64. The molecule has 2 heterocycles. The van der Waals surface area contributed by atoms with Gasteiger partial charge in [0.15, 0.2) is 0 Å². The number of sulfonamides is 1. The monoisotopic (exact) mass is 516 g/mol. The van der Waals surface area contributed by atoms with Crippen molar-refractivity contribution in [2.75, 3.05) is 13.1 Å². The highest BCUT2D eigenvalue weighted by Crippen LogP contribution is 2.36. The van der Waals surface area contributed by atoms with Crippen molar-refractivity contribution in [2.24, 2.45) is 0 Å². The second kappa shape index (κ2) is 10.1. The van der Waals surface area contributed by atoms with Gasteiger partial charge in [-0.1, -0.05) is 26.0 Å². The molecule has 0 spiro atoms. The molecular formula is C26H30F2N4O3S. The maximum absolute atomic E-state index is 14.7. The van der Waals surface area contributed by atoms with Crippen molar-refractivity contribution in [1.29, 1.82) is 0 Å². The van der Waals surface area contributed by atoms with E-state index in [-0.39, 0.29) is 16.4 Å². The van der Waals surface area contributed by atoms with E-state index < -0.39 is 27.7 Å². The fourth-order valence-electron chi connectivity index (χ4n) is 4.57. The molecule has 2 aromatic rings. The second-order valence-electron chi connectivity index (χ2n) is 8.93. The third-order valence-corrected chi connectivity index (χ3v) is 8.24. The molecular weight excluding hydrogens is 486 g/mol. The first-order valence-corrected chi connectivity index (χ1v) is 13.4. The highest BCUT2D eigenvalue weighted by molar-refractivity contribution is 7.89. The van der Waals surface area contributed by atoms with E-state index in [2.05, 4.69) is 10.7 Å². The van der Waals surface area contributed by atoms with Gasteiger partial charge in [0.25, 0.3) is 5.91 Å². The van der Waals surface area contributed by atoms with Crippen LogP contribution >= 0.6 is 0 Å². The molecule has 0 fully saturated rings.